The van der Waals surface area contributed by atoms with E-state index in [0.29, 0.717) is 22.0 Å². The van der Waals surface area contributed by atoms with Gasteiger partial charge in [0.2, 0.25) is 5.91 Å². The van der Waals surface area contributed by atoms with E-state index in [1.807, 2.05) is 0 Å². The van der Waals surface area contributed by atoms with E-state index in [-0.39, 0.29) is 36.1 Å². The lowest BCUT2D eigenvalue weighted by atomic mass is 9.65. The van der Waals surface area contributed by atoms with Crippen molar-refractivity contribution in [2.75, 3.05) is 5.32 Å². The normalized spacial score (nSPS) is 30.3. The van der Waals surface area contributed by atoms with Gasteiger partial charge in [-0.2, -0.15) is 0 Å². The highest BCUT2D eigenvalue weighted by atomic mass is 79.9. The van der Waals surface area contributed by atoms with Crippen LogP contribution >= 0.6 is 28.3 Å². The second-order valence-electron chi connectivity index (χ2n) is 6.31. The molecule has 0 aliphatic heterocycles. The van der Waals surface area contributed by atoms with Crippen molar-refractivity contribution in [3.05, 3.63) is 28.5 Å². The average Bonchev–Trinajstić information content (AvgIpc) is 2.42. The fourth-order valence-electron chi connectivity index (χ4n) is 3.82. The molecule has 2 aliphatic rings. The summed E-state index contributed by atoms with van der Waals surface area (Å²) in [5, 5.41) is 2.91. The topological polar surface area (TPSA) is 55.1 Å². The van der Waals surface area contributed by atoms with E-state index in [0.717, 1.165) is 25.7 Å². The third-order valence-electron chi connectivity index (χ3n) is 4.97. The molecule has 2 fully saturated rings. The van der Waals surface area contributed by atoms with Crippen molar-refractivity contribution in [2.45, 2.75) is 38.1 Å². The van der Waals surface area contributed by atoms with Gasteiger partial charge in [0.05, 0.1) is 4.47 Å². The largest absolute Gasteiger partial charge is 0.327 e. The van der Waals surface area contributed by atoms with Crippen molar-refractivity contribution in [3.8, 4) is 0 Å². The number of nitrogens with two attached hydrogens (primary N) is 1. The molecule has 22 heavy (non-hydrogen) atoms. The number of halogens is 3. The Bertz CT molecular complexity index is 543. The lowest BCUT2D eigenvalue weighted by Gasteiger charge is -2.43. The number of anilines is 1. The predicted molar refractivity (Wildman–Crippen MR) is 91.5 cm³/mol. The summed E-state index contributed by atoms with van der Waals surface area (Å²) in [6.07, 6.45) is 5.28. The first-order valence-electron chi connectivity index (χ1n) is 7.56. The molecule has 1 aromatic carbocycles. The number of hydrogen-bond acceptors (Lipinski definition) is 2. The highest BCUT2D eigenvalue weighted by Gasteiger charge is 2.40. The SMILES string of the molecule is Cl.NC1C2CCCC1CC(C(=O)Nc1ccc(F)c(Br)c1)C2. The van der Waals surface area contributed by atoms with Gasteiger partial charge in [0.25, 0.3) is 0 Å². The first kappa shape index (κ1) is 17.7. The lowest BCUT2D eigenvalue weighted by Crippen LogP contribution is -2.48. The summed E-state index contributed by atoms with van der Waals surface area (Å²) in [5.74, 6) is 0.703. The molecule has 2 saturated carbocycles. The van der Waals surface area contributed by atoms with Crippen molar-refractivity contribution in [1.82, 2.24) is 0 Å². The van der Waals surface area contributed by atoms with E-state index in [1.54, 1.807) is 12.1 Å². The second-order valence-corrected chi connectivity index (χ2v) is 7.17. The Morgan fingerprint density at radius 3 is 2.50 bits per heavy atom. The number of fused-ring (bicyclic) bond motifs is 2. The Hall–Kier alpha value is -0.650. The van der Waals surface area contributed by atoms with Gasteiger partial charge < -0.3 is 11.1 Å². The standard InChI is InChI=1S/C16H20BrFN2O.ClH/c17-13-8-12(4-5-14(13)18)20-16(21)11-6-9-2-1-3-10(7-11)15(9)19;/h4-5,8-11,15H,1-3,6-7,19H2,(H,20,21);1H. The molecule has 1 amide bonds. The smallest absolute Gasteiger partial charge is 0.227 e. The number of amides is 1. The third-order valence-corrected chi connectivity index (χ3v) is 5.58. The first-order chi connectivity index (χ1) is 10.0. The Balaban J connectivity index is 0.00000176. The molecular formula is C16H21BrClFN2O. The Kier molecular flexibility index (Phi) is 5.86. The molecule has 0 saturated heterocycles. The third kappa shape index (κ3) is 3.63. The van der Waals surface area contributed by atoms with E-state index >= 15 is 0 Å². The molecule has 0 radical (unpaired) electrons. The monoisotopic (exact) mass is 390 g/mol. The van der Waals surface area contributed by atoms with Crippen LogP contribution in [0.15, 0.2) is 22.7 Å². The fourth-order valence-corrected chi connectivity index (χ4v) is 4.20. The maximum Gasteiger partial charge on any atom is 0.227 e. The van der Waals surface area contributed by atoms with Crippen molar-refractivity contribution < 1.29 is 9.18 Å². The van der Waals surface area contributed by atoms with Gasteiger partial charge in [-0.3, -0.25) is 4.79 Å². The zero-order valence-corrected chi connectivity index (χ0v) is 14.6. The van der Waals surface area contributed by atoms with Crippen LogP contribution in [0.25, 0.3) is 0 Å². The second kappa shape index (κ2) is 7.28. The summed E-state index contributed by atoms with van der Waals surface area (Å²) in [6.45, 7) is 0. The number of nitrogens with one attached hydrogen (secondary N) is 1. The van der Waals surface area contributed by atoms with Crippen LogP contribution in [0.4, 0.5) is 10.1 Å². The van der Waals surface area contributed by atoms with Crippen molar-refractivity contribution in [2.24, 2.45) is 23.5 Å². The molecule has 2 aliphatic carbocycles. The van der Waals surface area contributed by atoms with Crippen LogP contribution in [0.1, 0.15) is 32.1 Å². The molecule has 2 unspecified atom stereocenters. The molecule has 3 nitrogen and oxygen atoms in total. The van der Waals surface area contributed by atoms with E-state index in [4.69, 9.17) is 5.73 Å². The Morgan fingerprint density at radius 1 is 1.27 bits per heavy atom. The number of hydrogen-bond donors (Lipinski definition) is 2. The zero-order valence-electron chi connectivity index (χ0n) is 12.2. The van der Waals surface area contributed by atoms with E-state index in [1.165, 1.54) is 12.5 Å². The molecule has 122 valence electrons. The summed E-state index contributed by atoms with van der Waals surface area (Å²) >= 11 is 3.14. The number of carbonyl (C=O) groups is 1. The molecule has 3 rings (SSSR count). The molecule has 0 aromatic heterocycles. The van der Waals surface area contributed by atoms with Crippen LogP contribution in [-0.4, -0.2) is 11.9 Å². The van der Waals surface area contributed by atoms with Gasteiger partial charge in [0.15, 0.2) is 0 Å². The molecule has 3 N–H and O–H groups in total. The summed E-state index contributed by atoms with van der Waals surface area (Å²) in [6, 6.07) is 4.81. The van der Waals surface area contributed by atoms with Crippen molar-refractivity contribution >= 4 is 39.9 Å². The van der Waals surface area contributed by atoms with Crippen LogP contribution in [-0.2, 0) is 4.79 Å². The minimum Gasteiger partial charge on any atom is -0.327 e. The molecule has 2 bridgehead atoms. The number of carbonyl (C=O) groups excluding carboxylic acids is 1. The molecule has 2 atom stereocenters. The zero-order chi connectivity index (χ0) is 15.0. The van der Waals surface area contributed by atoms with Gasteiger partial charge in [-0.15, -0.1) is 12.4 Å². The molecule has 0 heterocycles. The highest BCUT2D eigenvalue weighted by molar-refractivity contribution is 9.10. The molecular weight excluding hydrogens is 371 g/mol. The predicted octanol–water partition coefficient (Wildman–Crippen LogP) is 4.10. The van der Waals surface area contributed by atoms with Crippen LogP contribution in [0.2, 0.25) is 0 Å². The van der Waals surface area contributed by atoms with Crippen molar-refractivity contribution in [3.63, 3.8) is 0 Å². The van der Waals surface area contributed by atoms with Crippen LogP contribution in [0.5, 0.6) is 0 Å². The number of benzene rings is 1. The molecule has 0 spiro atoms. The van der Waals surface area contributed by atoms with Crippen molar-refractivity contribution in [1.29, 1.82) is 0 Å². The molecule has 1 aromatic rings. The van der Waals surface area contributed by atoms with Gasteiger partial charge >= 0.3 is 0 Å². The maximum atomic E-state index is 13.2. The maximum absolute atomic E-state index is 13.2. The van der Waals surface area contributed by atoms with E-state index < -0.39 is 0 Å². The highest BCUT2D eigenvalue weighted by Crippen LogP contribution is 2.42. The van der Waals surface area contributed by atoms with Gasteiger partial charge in [-0.1, -0.05) is 6.42 Å². The molecule has 6 heteroatoms. The summed E-state index contributed by atoms with van der Waals surface area (Å²) in [4.78, 5) is 12.4. The van der Waals surface area contributed by atoms with Gasteiger partial charge in [-0.05, 0) is 71.6 Å². The van der Waals surface area contributed by atoms with E-state index in [2.05, 4.69) is 21.2 Å². The minimum atomic E-state index is -0.328. The average molecular weight is 392 g/mol. The van der Waals surface area contributed by atoms with Gasteiger partial charge in [0, 0.05) is 17.6 Å². The van der Waals surface area contributed by atoms with E-state index in [9.17, 15) is 9.18 Å². The Morgan fingerprint density at radius 2 is 1.91 bits per heavy atom. The van der Waals surface area contributed by atoms with Crippen LogP contribution in [0.3, 0.4) is 0 Å². The van der Waals surface area contributed by atoms with Crippen LogP contribution < -0.4 is 11.1 Å². The quantitative estimate of drug-likeness (QED) is 0.797. The van der Waals surface area contributed by atoms with Gasteiger partial charge in [-0.25, -0.2) is 4.39 Å². The minimum absolute atomic E-state index is 0. The lowest BCUT2D eigenvalue weighted by molar-refractivity contribution is -0.122. The Labute approximate surface area is 144 Å². The van der Waals surface area contributed by atoms with Gasteiger partial charge in [0.1, 0.15) is 5.82 Å². The summed E-state index contributed by atoms with van der Waals surface area (Å²) < 4.78 is 13.6. The summed E-state index contributed by atoms with van der Waals surface area (Å²) in [7, 11) is 0. The number of rotatable bonds is 2. The first-order valence-corrected chi connectivity index (χ1v) is 8.35. The van der Waals surface area contributed by atoms with Crippen LogP contribution in [0, 0.1) is 23.6 Å². The fraction of sp³-hybridized carbons (Fsp3) is 0.562. The summed E-state index contributed by atoms with van der Waals surface area (Å²) in [5.41, 5.74) is 6.89.